The lowest BCUT2D eigenvalue weighted by molar-refractivity contribution is -0.245. The summed E-state index contributed by atoms with van der Waals surface area (Å²) in [5.41, 5.74) is 7.09. The average Bonchev–Trinajstić information content (AvgIpc) is 3.38. The van der Waals surface area contributed by atoms with Crippen LogP contribution >= 0.6 is 7.60 Å². The van der Waals surface area contributed by atoms with Crippen molar-refractivity contribution < 1.29 is 31.9 Å². The Labute approximate surface area is 253 Å². The van der Waals surface area contributed by atoms with Crippen LogP contribution in [-0.4, -0.2) is 73.7 Å². The van der Waals surface area contributed by atoms with Gasteiger partial charge in [0.2, 0.25) is 0 Å². The highest BCUT2D eigenvalue weighted by molar-refractivity contribution is 7.53. The summed E-state index contributed by atoms with van der Waals surface area (Å²) in [7, 11) is -8.41. The molecule has 0 bridgehead atoms. The number of fused-ring (bicyclic) bond motifs is 1. The predicted octanol–water partition coefficient (Wildman–Crippen LogP) is 6.67. The van der Waals surface area contributed by atoms with Crippen molar-refractivity contribution in [2.24, 2.45) is 0 Å². The first kappa shape index (κ1) is 35.3. The number of hydrogen-bond donors (Lipinski definition) is 1. The molecule has 15 heteroatoms. The second-order valence-corrected chi connectivity index (χ2v) is 25.5. The summed E-state index contributed by atoms with van der Waals surface area (Å²) in [6.45, 7) is 27.6. The molecule has 0 aliphatic carbocycles. The minimum Gasteiger partial charge on any atom is -0.406 e. The largest absolute Gasteiger partial charge is 0.406 e. The number of aromatic nitrogens is 4. The van der Waals surface area contributed by atoms with Crippen molar-refractivity contribution in [1.82, 2.24) is 19.5 Å². The van der Waals surface area contributed by atoms with E-state index in [-0.39, 0.29) is 35.5 Å². The van der Waals surface area contributed by atoms with Crippen LogP contribution in [0.2, 0.25) is 36.3 Å². The third-order valence-electron chi connectivity index (χ3n) is 8.74. The zero-order valence-electron chi connectivity index (χ0n) is 27.7. The zero-order chi connectivity index (χ0) is 31.9. The van der Waals surface area contributed by atoms with Crippen LogP contribution in [0.3, 0.4) is 0 Å². The molecule has 1 aliphatic rings. The monoisotopic (exact) mass is 645 g/mol. The van der Waals surface area contributed by atoms with Crippen LogP contribution in [0, 0.1) is 0 Å². The van der Waals surface area contributed by atoms with Crippen molar-refractivity contribution in [1.29, 1.82) is 0 Å². The molecule has 0 unspecified atom stereocenters. The van der Waals surface area contributed by atoms with Gasteiger partial charge in [0.05, 0.1) is 19.5 Å². The Morgan fingerprint density at radius 3 is 2.05 bits per heavy atom. The van der Waals surface area contributed by atoms with Crippen molar-refractivity contribution in [3.8, 4) is 0 Å². The Bertz CT molecular complexity index is 1270. The van der Waals surface area contributed by atoms with Crippen molar-refractivity contribution >= 4 is 41.2 Å². The minimum absolute atomic E-state index is 0.109. The van der Waals surface area contributed by atoms with Crippen molar-refractivity contribution in [3.63, 3.8) is 0 Å². The Balaban J connectivity index is 2.20. The molecule has 3 rings (SSSR count). The highest BCUT2D eigenvalue weighted by Crippen LogP contribution is 2.53. The fourth-order valence-electron chi connectivity index (χ4n) is 4.23. The SMILES string of the molecule is CCOP(=O)(CO[C@@]1(C)O[C@@H](n2cnc3c(N)ncnc32)[C@H](O[Si](C)(C)C(C)(C)C)[C@@H]1O[Si](C)(C)C(C)(C)C)OCC. The first-order valence-corrected chi connectivity index (χ1v) is 22.1. The molecule has 2 aromatic heterocycles. The second-order valence-electron chi connectivity index (χ2n) is 14.0. The summed E-state index contributed by atoms with van der Waals surface area (Å²) in [5.74, 6) is -1.13. The maximum Gasteiger partial charge on any atom is 0.356 e. The van der Waals surface area contributed by atoms with Crippen molar-refractivity contribution in [2.45, 2.75) is 123 Å². The smallest absolute Gasteiger partial charge is 0.356 e. The van der Waals surface area contributed by atoms with Crippen LogP contribution in [-0.2, 0) is 31.9 Å². The van der Waals surface area contributed by atoms with Gasteiger partial charge in [0.25, 0.3) is 0 Å². The quantitative estimate of drug-likeness (QED) is 0.195. The molecule has 0 amide bonds. The minimum atomic E-state index is -3.57. The summed E-state index contributed by atoms with van der Waals surface area (Å²) in [6, 6.07) is 0. The Morgan fingerprint density at radius 2 is 1.52 bits per heavy atom. The standard InChI is InChI=1S/C27H52N5O7PSi2/c1-14-35-40(33,36-15-2)18-34-27(9)21(39-42(12,13)26(6,7)8)20(38-41(10,11)25(3,4)5)24(37-27)32-17-31-19-22(28)29-16-30-23(19)32/h16-17,20-21,24H,14-15,18H2,1-13H3,(H2,28,29,30)/t20-,21+,24-,27+/m1/s1. The van der Waals surface area contributed by atoms with Gasteiger partial charge in [-0.2, -0.15) is 0 Å². The van der Waals surface area contributed by atoms with Crippen LogP contribution in [0.1, 0.15) is 68.5 Å². The average molecular weight is 646 g/mol. The number of anilines is 1. The molecule has 3 heterocycles. The van der Waals surface area contributed by atoms with E-state index < -0.39 is 48.5 Å². The molecule has 0 spiro atoms. The van der Waals surface area contributed by atoms with Gasteiger partial charge in [-0.1, -0.05) is 41.5 Å². The summed E-state index contributed by atoms with van der Waals surface area (Å²) in [4.78, 5) is 13.1. The van der Waals surface area contributed by atoms with Gasteiger partial charge in [-0.3, -0.25) is 9.13 Å². The van der Waals surface area contributed by atoms with Crippen LogP contribution in [0.4, 0.5) is 5.82 Å². The van der Waals surface area contributed by atoms with Crippen molar-refractivity contribution in [2.75, 3.05) is 25.3 Å². The van der Waals surface area contributed by atoms with Gasteiger partial charge in [0, 0.05) is 0 Å². The number of nitrogen functional groups attached to an aromatic ring is 1. The molecular weight excluding hydrogens is 593 g/mol. The van der Waals surface area contributed by atoms with Gasteiger partial charge < -0.3 is 33.1 Å². The van der Waals surface area contributed by atoms with Crippen molar-refractivity contribution in [3.05, 3.63) is 12.7 Å². The summed E-state index contributed by atoms with van der Waals surface area (Å²) < 4.78 is 53.9. The lowest BCUT2D eigenvalue weighted by atomic mass is 10.1. The Kier molecular flexibility index (Phi) is 10.3. The molecule has 0 aromatic carbocycles. The van der Waals surface area contributed by atoms with Crippen LogP contribution < -0.4 is 5.73 Å². The van der Waals surface area contributed by atoms with Gasteiger partial charge in [-0.15, -0.1) is 0 Å². The molecule has 0 saturated carbocycles. The van der Waals surface area contributed by atoms with Gasteiger partial charge in [0.15, 0.2) is 46.5 Å². The van der Waals surface area contributed by atoms with E-state index in [0.717, 1.165) is 0 Å². The van der Waals surface area contributed by atoms with Gasteiger partial charge in [-0.05, 0) is 57.0 Å². The third-order valence-corrected chi connectivity index (χ3v) is 19.4. The molecule has 2 N–H and O–H groups in total. The molecular formula is C27H52N5O7PSi2. The predicted molar refractivity (Wildman–Crippen MR) is 169 cm³/mol. The number of imidazole rings is 1. The highest BCUT2D eigenvalue weighted by Gasteiger charge is 2.61. The number of nitrogens with zero attached hydrogens (tertiary/aromatic N) is 4. The topological polar surface area (TPSA) is 142 Å². The summed E-state index contributed by atoms with van der Waals surface area (Å²) >= 11 is 0. The molecule has 42 heavy (non-hydrogen) atoms. The normalized spacial score (nSPS) is 24.5. The molecule has 0 radical (unpaired) electrons. The summed E-state index contributed by atoms with van der Waals surface area (Å²) in [5, 5.41) is -0.231. The second kappa shape index (κ2) is 12.3. The first-order valence-electron chi connectivity index (χ1n) is 14.6. The lowest BCUT2D eigenvalue weighted by Gasteiger charge is -2.45. The van der Waals surface area contributed by atoms with E-state index in [1.165, 1.54) is 6.33 Å². The maximum atomic E-state index is 13.5. The van der Waals surface area contributed by atoms with Crippen LogP contribution in [0.5, 0.6) is 0 Å². The maximum absolute atomic E-state index is 13.5. The molecule has 12 nitrogen and oxygen atoms in total. The number of ether oxygens (including phenoxy) is 2. The van der Waals surface area contributed by atoms with Crippen LogP contribution in [0.25, 0.3) is 11.2 Å². The molecule has 4 atom stereocenters. The molecule has 240 valence electrons. The highest BCUT2D eigenvalue weighted by atomic mass is 31.2. The molecule has 1 saturated heterocycles. The number of nitrogens with two attached hydrogens (primary N) is 1. The zero-order valence-corrected chi connectivity index (χ0v) is 30.6. The van der Waals surface area contributed by atoms with E-state index in [1.807, 2.05) is 0 Å². The molecule has 1 fully saturated rings. The van der Waals surface area contributed by atoms with Gasteiger partial charge in [0.1, 0.15) is 24.1 Å². The van der Waals surface area contributed by atoms with E-state index in [0.29, 0.717) is 11.2 Å². The van der Waals surface area contributed by atoms with Gasteiger partial charge >= 0.3 is 7.60 Å². The van der Waals surface area contributed by atoms with Gasteiger partial charge in [-0.25, -0.2) is 15.0 Å². The fourth-order valence-corrected chi connectivity index (χ4v) is 8.26. The van der Waals surface area contributed by atoms with Crippen LogP contribution in [0.15, 0.2) is 12.7 Å². The number of hydrogen-bond acceptors (Lipinski definition) is 11. The molecule has 1 aliphatic heterocycles. The lowest BCUT2D eigenvalue weighted by Crippen LogP contribution is -2.56. The van der Waals surface area contributed by atoms with E-state index in [1.54, 1.807) is 31.7 Å². The third kappa shape index (κ3) is 7.18. The number of rotatable bonds is 12. The van der Waals surface area contributed by atoms with E-state index in [4.69, 9.17) is 33.1 Å². The van der Waals surface area contributed by atoms with E-state index in [2.05, 4.69) is 82.7 Å². The fraction of sp³-hybridized carbons (Fsp3) is 0.815. The Morgan fingerprint density at radius 1 is 0.976 bits per heavy atom. The molecule has 2 aromatic rings. The summed E-state index contributed by atoms with van der Waals surface area (Å²) in [6.07, 6.45) is 0.624. The van der Waals surface area contributed by atoms with E-state index in [9.17, 15) is 4.57 Å². The Hall–Kier alpha value is -1.23. The van der Waals surface area contributed by atoms with E-state index >= 15 is 0 Å². The first-order chi connectivity index (χ1) is 19.1.